The number of imidazole rings is 1. The third-order valence-corrected chi connectivity index (χ3v) is 5.11. The number of benzene rings is 1. The van der Waals surface area contributed by atoms with Gasteiger partial charge in [-0.25, -0.2) is 4.98 Å². The van der Waals surface area contributed by atoms with Crippen LogP contribution in [0.5, 0.6) is 0 Å². The van der Waals surface area contributed by atoms with E-state index in [-0.39, 0.29) is 0 Å². The van der Waals surface area contributed by atoms with E-state index in [4.69, 9.17) is 4.98 Å². The first-order valence-corrected chi connectivity index (χ1v) is 8.82. The molecular formula is C21H23N5. The van der Waals surface area contributed by atoms with Gasteiger partial charge in [-0.1, -0.05) is 18.2 Å². The number of fused-ring (bicyclic) bond motifs is 1. The predicted octanol–water partition coefficient (Wildman–Crippen LogP) is 4.57. The highest BCUT2D eigenvalue weighted by molar-refractivity contribution is 5.76. The Labute approximate surface area is 153 Å². The second-order valence-electron chi connectivity index (χ2n) is 6.81. The van der Waals surface area contributed by atoms with Gasteiger partial charge in [0.1, 0.15) is 0 Å². The van der Waals surface area contributed by atoms with Crippen molar-refractivity contribution in [1.82, 2.24) is 19.6 Å². The van der Waals surface area contributed by atoms with Gasteiger partial charge in [0.2, 0.25) is 0 Å². The van der Waals surface area contributed by atoms with E-state index in [1.165, 1.54) is 16.7 Å². The van der Waals surface area contributed by atoms with Crippen molar-refractivity contribution in [3.8, 4) is 11.3 Å². The Morgan fingerprint density at radius 1 is 1.08 bits per heavy atom. The van der Waals surface area contributed by atoms with Gasteiger partial charge in [0, 0.05) is 30.2 Å². The highest BCUT2D eigenvalue weighted by Crippen LogP contribution is 2.27. The molecule has 0 radical (unpaired) electrons. The number of rotatable bonds is 4. The Morgan fingerprint density at radius 3 is 2.54 bits per heavy atom. The van der Waals surface area contributed by atoms with E-state index in [2.05, 4.69) is 71.1 Å². The molecule has 0 bridgehead atoms. The first-order valence-electron chi connectivity index (χ1n) is 8.82. The van der Waals surface area contributed by atoms with Crippen molar-refractivity contribution in [2.45, 2.75) is 34.2 Å². The predicted molar refractivity (Wildman–Crippen MR) is 105 cm³/mol. The summed E-state index contributed by atoms with van der Waals surface area (Å²) in [4.78, 5) is 4.77. The molecule has 2 N–H and O–H groups in total. The molecule has 3 aromatic heterocycles. The number of aromatic nitrogens is 4. The Hall–Kier alpha value is -3.08. The average Bonchev–Trinajstić information content (AvgIpc) is 3.24. The molecule has 0 aliphatic carbocycles. The smallest absolute Gasteiger partial charge is 0.160 e. The maximum atomic E-state index is 4.77. The minimum atomic E-state index is 0.769. The summed E-state index contributed by atoms with van der Waals surface area (Å²) >= 11 is 0. The van der Waals surface area contributed by atoms with E-state index >= 15 is 0 Å². The number of H-pyrrole nitrogens is 1. The van der Waals surface area contributed by atoms with Crippen molar-refractivity contribution in [2.24, 2.45) is 0 Å². The highest BCUT2D eigenvalue weighted by Gasteiger charge is 2.13. The van der Waals surface area contributed by atoms with Crippen LogP contribution in [0, 0.1) is 27.7 Å². The number of aromatic amines is 1. The molecule has 0 aliphatic heterocycles. The molecule has 0 atom stereocenters. The van der Waals surface area contributed by atoms with Gasteiger partial charge < -0.3 is 9.72 Å². The first-order chi connectivity index (χ1) is 12.5. The maximum Gasteiger partial charge on any atom is 0.160 e. The first kappa shape index (κ1) is 16.4. The SMILES string of the molecule is Cc1cccc(C)c1CNc1cc(-c2ccn[nH]2)cn2c(C)c(C)nc12. The van der Waals surface area contributed by atoms with Gasteiger partial charge in [0.25, 0.3) is 0 Å². The Balaban J connectivity index is 1.79. The lowest BCUT2D eigenvalue weighted by Gasteiger charge is -2.14. The summed E-state index contributed by atoms with van der Waals surface area (Å²) in [6, 6.07) is 10.5. The fourth-order valence-electron chi connectivity index (χ4n) is 3.38. The van der Waals surface area contributed by atoms with Crippen LogP contribution in [-0.4, -0.2) is 19.6 Å². The van der Waals surface area contributed by atoms with Gasteiger partial charge in [0.15, 0.2) is 5.65 Å². The highest BCUT2D eigenvalue weighted by atomic mass is 15.1. The van der Waals surface area contributed by atoms with E-state index in [1.54, 1.807) is 6.20 Å². The molecule has 0 fully saturated rings. The van der Waals surface area contributed by atoms with Crippen molar-refractivity contribution in [3.05, 3.63) is 70.8 Å². The van der Waals surface area contributed by atoms with E-state index in [9.17, 15) is 0 Å². The van der Waals surface area contributed by atoms with Gasteiger partial charge in [-0.15, -0.1) is 0 Å². The molecule has 5 nitrogen and oxygen atoms in total. The summed E-state index contributed by atoms with van der Waals surface area (Å²) in [6.45, 7) is 9.23. The zero-order valence-electron chi connectivity index (χ0n) is 15.6. The van der Waals surface area contributed by atoms with Crippen molar-refractivity contribution in [1.29, 1.82) is 0 Å². The maximum absolute atomic E-state index is 4.77. The van der Waals surface area contributed by atoms with Crippen molar-refractivity contribution >= 4 is 11.3 Å². The molecular weight excluding hydrogens is 322 g/mol. The monoisotopic (exact) mass is 345 g/mol. The van der Waals surface area contributed by atoms with E-state index in [1.807, 2.05) is 13.0 Å². The van der Waals surface area contributed by atoms with Crippen LogP contribution in [0.1, 0.15) is 28.1 Å². The standard InChI is InChI=1S/C21H23N5/c1-13-6-5-7-14(2)18(13)11-22-20-10-17(19-8-9-23-25-19)12-26-16(4)15(3)24-21(20)26/h5-10,12,22H,11H2,1-4H3,(H,23,25). The summed E-state index contributed by atoms with van der Waals surface area (Å²) in [5.74, 6) is 0. The summed E-state index contributed by atoms with van der Waals surface area (Å²) in [5.41, 5.74) is 10.2. The Morgan fingerprint density at radius 2 is 1.85 bits per heavy atom. The molecule has 3 heterocycles. The van der Waals surface area contributed by atoms with Crippen LogP contribution in [-0.2, 0) is 6.54 Å². The average molecular weight is 345 g/mol. The number of hydrogen-bond donors (Lipinski definition) is 2. The van der Waals surface area contributed by atoms with Crippen LogP contribution in [0.15, 0.2) is 42.7 Å². The molecule has 0 spiro atoms. The summed E-state index contributed by atoms with van der Waals surface area (Å²) in [6.07, 6.45) is 3.89. The molecule has 0 amide bonds. The van der Waals surface area contributed by atoms with Crippen LogP contribution in [0.3, 0.4) is 0 Å². The van der Waals surface area contributed by atoms with Gasteiger partial charge in [-0.2, -0.15) is 5.10 Å². The normalized spacial score (nSPS) is 11.2. The molecule has 0 unspecified atom stereocenters. The molecule has 1 aromatic carbocycles. The number of aryl methyl sites for hydroxylation is 4. The molecule has 5 heteroatoms. The Kier molecular flexibility index (Phi) is 3.99. The second-order valence-corrected chi connectivity index (χ2v) is 6.81. The third kappa shape index (κ3) is 2.75. The minimum absolute atomic E-state index is 0.769. The summed E-state index contributed by atoms with van der Waals surface area (Å²) in [7, 11) is 0. The molecule has 0 saturated carbocycles. The van der Waals surface area contributed by atoms with Crippen LogP contribution in [0.25, 0.3) is 16.9 Å². The van der Waals surface area contributed by atoms with Crippen molar-refractivity contribution in [3.63, 3.8) is 0 Å². The van der Waals surface area contributed by atoms with Crippen molar-refractivity contribution in [2.75, 3.05) is 5.32 Å². The quantitative estimate of drug-likeness (QED) is 0.569. The largest absolute Gasteiger partial charge is 0.378 e. The van der Waals surface area contributed by atoms with Crippen LogP contribution in [0.4, 0.5) is 5.69 Å². The number of nitrogens with zero attached hydrogens (tertiary/aromatic N) is 3. The van der Waals surface area contributed by atoms with E-state index in [0.29, 0.717) is 0 Å². The van der Waals surface area contributed by atoms with Gasteiger partial charge in [-0.05, 0) is 56.5 Å². The van der Waals surface area contributed by atoms with E-state index < -0.39 is 0 Å². The zero-order chi connectivity index (χ0) is 18.3. The molecule has 4 aromatic rings. The minimum Gasteiger partial charge on any atom is -0.378 e. The molecule has 26 heavy (non-hydrogen) atoms. The van der Waals surface area contributed by atoms with Crippen LogP contribution < -0.4 is 5.32 Å². The van der Waals surface area contributed by atoms with Crippen LogP contribution in [0.2, 0.25) is 0 Å². The van der Waals surface area contributed by atoms with Gasteiger partial charge in [0.05, 0.1) is 17.1 Å². The number of pyridine rings is 1. The third-order valence-electron chi connectivity index (χ3n) is 5.11. The fourth-order valence-corrected chi connectivity index (χ4v) is 3.38. The van der Waals surface area contributed by atoms with Crippen molar-refractivity contribution < 1.29 is 0 Å². The Bertz CT molecular complexity index is 1050. The zero-order valence-corrected chi connectivity index (χ0v) is 15.6. The van der Waals surface area contributed by atoms with Crippen LogP contribution >= 0.6 is 0 Å². The molecule has 132 valence electrons. The lowest BCUT2D eigenvalue weighted by atomic mass is 10.0. The molecule has 0 saturated heterocycles. The number of anilines is 1. The van der Waals surface area contributed by atoms with Gasteiger partial charge in [-0.3, -0.25) is 5.10 Å². The summed E-state index contributed by atoms with van der Waals surface area (Å²) < 4.78 is 2.15. The lowest BCUT2D eigenvalue weighted by molar-refractivity contribution is 1.06. The summed E-state index contributed by atoms with van der Waals surface area (Å²) in [5, 5.41) is 10.7. The van der Waals surface area contributed by atoms with E-state index in [0.717, 1.165) is 40.5 Å². The second kappa shape index (κ2) is 6.33. The molecule has 4 rings (SSSR count). The fraction of sp³-hybridized carbons (Fsp3) is 0.238. The lowest BCUT2D eigenvalue weighted by Crippen LogP contribution is -2.05. The van der Waals surface area contributed by atoms with Gasteiger partial charge >= 0.3 is 0 Å². The molecule has 0 aliphatic rings. The topological polar surface area (TPSA) is 58.0 Å². The number of nitrogens with one attached hydrogen (secondary N) is 2. The number of hydrogen-bond acceptors (Lipinski definition) is 3.